The van der Waals surface area contributed by atoms with E-state index in [0.717, 1.165) is 22.1 Å². The van der Waals surface area contributed by atoms with Gasteiger partial charge in [-0.2, -0.15) is 0 Å². The normalized spacial score (nSPS) is 12.6. The quantitative estimate of drug-likeness (QED) is 0.785. The number of nitrogens with zero attached hydrogens (tertiary/aromatic N) is 1. The number of pyridine rings is 1. The number of nitrogens with two attached hydrogens (primary N) is 1. The number of benzene rings is 1. The van der Waals surface area contributed by atoms with Crippen molar-refractivity contribution in [2.45, 2.75) is 39.2 Å². The highest BCUT2D eigenvalue weighted by molar-refractivity contribution is 6.00. The lowest BCUT2D eigenvalue weighted by molar-refractivity contribution is 0.645. The Hall–Kier alpha value is -1.77. The van der Waals surface area contributed by atoms with Gasteiger partial charge in [0.1, 0.15) is 0 Å². The lowest BCUT2D eigenvalue weighted by Crippen LogP contribution is -2.15. The summed E-state index contributed by atoms with van der Waals surface area (Å²) < 4.78 is 0. The maximum absolute atomic E-state index is 5.97. The van der Waals surface area contributed by atoms with Crippen LogP contribution in [-0.4, -0.2) is 11.0 Å². The van der Waals surface area contributed by atoms with Gasteiger partial charge < -0.3 is 11.1 Å². The fourth-order valence-electron chi connectivity index (χ4n) is 2.19. The highest BCUT2D eigenvalue weighted by Gasteiger charge is 2.06. The number of unbranched alkanes of at least 4 members (excludes halogenated alkanes) is 1. The minimum atomic E-state index is 0.477. The van der Waals surface area contributed by atoms with Crippen molar-refractivity contribution in [3.63, 3.8) is 0 Å². The van der Waals surface area contributed by atoms with E-state index >= 15 is 0 Å². The minimum Gasteiger partial charge on any atom is -0.398 e. The number of nitrogen functional groups attached to an aromatic ring is 1. The average Bonchev–Trinajstić information content (AvgIpc) is 2.40. The Labute approximate surface area is 108 Å². The van der Waals surface area contributed by atoms with Crippen molar-refractivity contribution >= 4 is 22.1 Å². The Bertz CT molecular complexity index is 522. The van der Waals surface area contributed by atoms with Gasteiger partial charge in [-0.15, -0.1) is 0 Å². The maximum Gasteiger partial charge on any atom is 0.0424 e. The van der Waals surface area contributed by atoms with Crippen molar-refractivity contribution < 1.29 is 0 Å². The zero-order valence-electron chi connectivity index (χ0n) is 11.1. The van der Waals surface area contributed by atoms with E-state index < -0.39 is 0 Å². The van der Waals surface area contributed by atoms with Crippen LogP contribution in [0, 0.1) is 0 Å². The van der Waals surface area contributed by atoms with Crippen molar-refractivity contribution in [2.24, 2.45) is 0 Å². The molecule has 0 bridgehead atoms. The molecule has 0 spiro atoms. The van der Waals surface area contributed by atoms with Gasteiger partial charge in [-0.3, -0.25) is 4.98 Å². The number of nitrogens with one attached hydrogen (secondary N) is 1. The van der Waals surface area contributed by atoms with Crippen molar-refractivity contribution in [3.05, 3.63) is 30.6 Å². The number of aromatic nitrogens is 1. The predicted octanol–water partition coefficient (Wildman–Crippen LogP) is 3.81. The first kappa shape index (κ1) is 12.7. The zero-order chi connectivity index (χ0) is 13.0. The van der Waals surface area contributed by atoms with Crippen LogP contribution in [0.3, 0.4) is 0 Å². The molecule has 0 aliphatic carbocycles. The van der Waals surface area contributed by atoms with Crippen molar-refractivity contribution in [1.82, 2.24) is 4.98 Å². The second kappa shape index (κ2) is 5.71. The Morgan fingerprint density at radius 1 is 1.28 bits per heavy atom. The first-order valence-corrected chi connectivity index (χ1v) is 6.61. The smallest absolute Gasteiger partial charge is 0.0424 e. The summed E-state index contributed by atoms with van der Waals surface area (Å²) in [5.74, 6) is 0. The van der Waals surface area contributed by atoms with E-state index in [1.54, 1.807) is 0 Å². The van der Waals surface area contributed by atoms with Crippen LogP contribution >= 0.6 is 0 Å². The molecule has 3 N–H and O–H groups in total. The van der Waals surface area contributed by atoms with E-state index in [0.29, 0.717) is 6.04 Å². The van der Waals surface area contributed by atoms with Gasteiger partial charge >= 0.3 is 0 Å². The van der Waals surface area contributed by atoms with Crippen LogP contribution < -0.4 is 11.1 Å². The Kier molecular flexibility index (Phi) is 4.03. The molecule has 0 amide bonds. The zero-order valence-corrected chi connectivity index (χ0v) is 11.1. The number of hydrogen-bond donors (Lipinski definition) is 2. The van der Waals surface area contributed by atoms with Crippen molar-refractivity contribution in [2.75, 3.05) is 11.1 Å². The standard InChI is InChI=1S/C15H21N3/c1-3-4-5-11(2)18-15-7-6-14(16)13-10-17-9-8-12(13)15/h6-11,18H,3-5,16H2,1-2H3. The molecule has 96 valence electrons. The summed E-state index contributed by atoms with van der Waals surface area (Å²) in [6.07, 6.45) is 7.31. The highest BCUT2D eigenvalue weighted by Crippen LogP contribution is 2.28. The lowest BCUT2D eigenvalue weighted by Gasteiger charge is -2.17. The summed E-state index contributed by atoms with van der Waals surface area (Å²) in [6, 6.07) is 6.49. The molecule has 1 atom stereocenters. The molecule has 0 fully saturated rings. The van der Waals surface area contributed by atoms with Crippen LogP contribution in [0.2, 0.25) is 0 Å². The number of fused-ring (bicyclic) bond motifs is 1. The van der Waals surface area contributed by atoms with Crippen LogP contribution in [-0.2, 0) is 0 Å². The lowest BCUT2D eigenvalue weighted by atomic mass is 10.1. The van der Waals surface area contributed by atoms with Gasteiger partial charge in [0, 0.05) is 40.6 Å². The van der Waals surface area contributed by atoms with E-state index in [-0.39, 0.29) is 0 Å². The van der Waals surface area contributed by atoms with E-state index in [2.05, 4.69) is 30.2 Å². The van der Waals surface area contributed by atoms with Crippen molar-refractivity contribution in [3.8, 4) is 0 Å². The first-order valence-electron chi connectivity index (χ1n) is 6.61. The van der Waals surface area contributed by atoms with Crippen LogP contribution in [0.4, 0.5) is 11.4 Å². The number of rotatable bonds is 5. The van der Waals surface area contributed by atoms with E-state index in [1.165, 1.54) is 19.3 Å². The van der Waals surface area contributed by atoms with Crippen molar-refractivity contribution in [1.29, 1.82) is 0 Å². The fraction of sp³-hybridized carbons (Fsp3) is 0.400. The number of hydrogen-bond acceptors (Lipinski definition) is 3. The average molecular weight is 243 g/mol. The second-order valence-corrected chi connectivity index (χ2v) is 4.81. The summed E-state index contributed by atoms with van der Waals surface area (Å²) in [6.45, 7) is 4.44. The van der Waals surface area contributed by atoms with Gasteiger partial charge in [-0.25, -0.2) is 0 Å². The highest BCUT2D eigenvalue weighted by atomic mass is 14.9. The third kappa shape index (κ3) is 2.73. The van der Waals surface area contributed by atoms with Gasteiger partial charge in [-0.1, -0.05) is 19.8 Å². The molecular formula is C15H21N3. The summed E-state index contributed by atoms with van der Waals surface area (Å²) in [4.78, 5) is 4.14. The molecule has 3 heteroatoms. The third-order valence-corrected chi connectivity index (χ3v) is 3.24. The van der Waals surface area contributed by atoms with Gasteiger partial charge in [0.2, 0.25) is 0 Å². The summed E-state index contributed by atoms with van der Waals surface area (Å²) in [5, 5.41) is 5.73. The van der Waals surface area contributed by atoms with Gasteiger partial charge in [0.05, 0.1) is 0 Å². The molecule has 1 heterocycles. The molecule has 1 unspecified atom stereocenters. The molecule has 0 aliphatic heterocycles. The molecule has 1 aromatic carbocycles. The Balaban J connectivity index is 2.26. The molecule has 0 radical (unpaired) electrons. The second-order valence-electron chi connectivity index (χ2n) is 4.81. The minimum absolute atomic E-state index is 0.477. The topological polar surface area (TPSA) is 50.9 Å². The van der Waals surface area contributed by atoms with Crippen LogP contribution in [0.5, 0.6) is 0 Å². The molecule has 1 aromatic heterocycles. The molecule has 0 saturated carbocycles. The monoisotopic (exact) mass is 243 g/mol. The molecule has 2 aromatic rings. The van der Waals surface area contributed by atoms with Crippen LogP contribution in [0.15, 0.2) is 30.6 Å². The molecule has 3 nitrogen and oxygen atoms in total. The van der Waals surface area contributed by atoms with Gasteiger partial charge in [-0.05, 0) is 31.5 Å². The number of anilines is 2. The predicted molar refractivity (Wildman–Crippen MR) is 78.8 cm³/mol. The summed E-state index contributed by atoms with van der Waals surface area (Å²) in [5.41, 5.74) is 7.89. The van der Waals surface area contributed by atoms with E-state index in [4.69, 9.17) is 5.73 Å². The summed E-state index contributed by atoms with van der Waals surface area (Å²) >= 11 is 0. The third-order valence-electron chi connectivity index (χ3n) is 3.24. The molecule has 0 saturated heterocycles. The van der Waals surface area contributed by atoms with Gasteiger partial charge in [0.25, 0.3) is 0 Å². The maximum atomic E-state index is 5.97. The largest absolute Gasteiger partial charge is 0.398 e. The molecule has 18 heavy (non-hydrogen) atoms. The first-order chi connectivity index (χ1) is 8.72. The van der Waals surface area contributed by atoms with Crippen LogP contribution in [0.25, 0.3) is 10.8 Å². The summed E-state index contributed by atoms with van der Waals surface area (Å²) in [7, 11) is 0. The fourth-order valence-corrected chi connectivity index (χ4v) is 2.19. The Morgan fingerprint density at radius 3 is 2.89 bits per heavy atom. The van der Waals surface area contributed by atoms with E-state index in [9.17, 15) is 0 Å². The van der Waals surface area contributed by atoms with Crippen LogP contribution in [0.1, 0.15) is 33.1 Å². The molecular weight excluding hydrogens is 222 g/mol. The SMILES string of the molecule is CCCCC(C)Nc1ccc(N)c2cnccc12. The molecule has 2 rings (SSSR count). The molecule has 0 aliphatic rings. The Morgan fingerprint density at radius 2 is 2.11 bits per heavy atom. The van der Waals surface area contributed by atoms with Gasteiger partial charge in [0.15, 0.2) is 0 Å². The van der Waals surface area contributed by atoms with E-state index in [1.807, 2.05) is 24.5 Å².